The van der Waals surface area contributed by atoms with Gasteiger partial charge in [-0.05, 0) is 54.2 Å². The lowest BCUT2D eigenvalue weighted by Crippen LogP contribution is -2.06. The summed E-state index contributed by atoms with van der Waals surface area (Å²) in [6, 6.07) is 6.58. The van der Waals surface area contributed by atoms with Gasteiger partial charge in [0, 0.05) is 0 Å². The normalized spacial score (nSPS) is 21.1. The SMILES string of the molecule is CCCOc1ccc(C(C)CC2CC2C(=O)OC)cc1C(C)C. The van der Waals surface area contributed by atoms with Crippen molar-refractivity contribution in [1.82, 2.24) is 0 Å². The van der Waals surface area contributed by atoms with Gasteiger partial charge in [0.25, 0.3) is 0 Å². The van der Waals surface area contributed by atoms with Crippen molar-refractivity contribution in [2.75, 3.05) is 13.7 Å². The van der Waals surface area contributed by atoms with Crippen LogP contribution in [-0.4, -0.2) is 19.7 Å². The summed E-state index contributed by atoms with van der Waals surface area (Å²) < 4.78 is 10.7. The molecule has 0 bridgehead atoms. The summed E-state index contributed by atoms with van der Waals surface area (Å²) in [4.78, 5) is 11.6. The van der Waals surface area contributed by atoms with Crippen molar-refractivity contribution >= 4 is 5.97 Å². The molecule has 0 saturated heterocycles. The van der Waals surface area contributed by atoms with Gasteiger partial charge in [0.05, 0.1) is 19.6 Å². The van der Waals surface area contributed by atoms with E-state index in [1.54, 1.807) is 0 Å². The van der Waals surface area contributed by atoms with E-state index in [-0.39, 0.29) is 11.9 Å². The van der Waals surface area contributed by atoms with E-state index in [4.69, 9.17) is 9.47 Å². The summed E-state index contributed by atoms with van der Waals surface area (Å²) >= 11 is 0. The number of benzene rings is 1. The maximum atomic E-state index is 11.6. The van der Waals surface area contributed by atoms with Crippen LogP contribution in [0.15, 0.2) is 18.2 Å². The molecule has 0 radical (unpaired) electrons. The molecule has 3 heteroatoms. The van der Waals surface area contributed by atoms with Gasteiger partial charge in [-0.15, -0.1) is 0 Å². The molecule has 0 amide bonds. The van der Waals surface area contributed by atoms with Crippen LogP contribution in [0.2, 0.25) is 0 Å². The molecule has 0 aromatic heterocycles. The summed E-state index contributed by atoms with van der Waals surface area (Å²) in [6.07, 6.45) is 3.05. The van der Waals surface area contributed by atoms with Crippen LogP contribution in [0.3, 0.4) is 0 Å². The number of carbonyl (C=O) groups excluding carboxylic acids is 1. The van der Waals surface area contributed by atoms with Crippen molar-refractivity contribution in [1.29, 1.82) is 0 Å². The summed E-state index contributed by atoms with van der Waals surface area (Å²) in [5, 5.41) is 0. The molecule has 0 N–H and O–H groups in total. The molecule has 3 atom stereocenters. The Balaban J connectivity index is 2.04. The van der Waals surface area contributed by atoms with Crippen LogP contribution in [-0.2, 0) is 9.53 Å². The Morgan fingerprint density at radius 1 is 1.30 bits per heavy atom. The highest BCUT2D eigenvalue weighted by Gasteiger charge is 2.44. The topological polar surface area (TPSA) is 35.5 Å². The van der Waals surface area contributed by atoms with Crippen LogP contribution in [0, 0.1) is 11.8 Å². The third-order valence-corrected chi connectivity index (χ3v) is 4.77. The molecule has 1 aliphatic rings. The molecule has 1 aliphatic carbocycles. The monoisotopic (exact) mass is 318 g/mol. The first-order valence-electron chi connectivity index (χ1n) is 8.82. The lowest BCUT2D eigenvalue weighted by Gasteiger charge is -2.18. The van der Waals surface area contributed by atoms with Crippen LogP contribution >= 0.6 is 0 Å². The molecule has 0 aliphatic heterocycles. The number of hydrogen-bond acceptors (Lipinski definition) is 3. The van der Waals surface area contributed by atoms with E-state index in [2.05, 4.69) is 45.9 Å². The van der Waals surface area contributed by atoms with E-state index in [0.29, 0.717) is 17.8 Å². The average molecular weight is 318 g/mol. The second kappa shape index (κ2) is 7.85. The highest BCUT2D eigenvalue weighted by atomic mass is 16.5. The minimum Gasteiger partial charge on any atom is -0.493 e. The van der Waals surface area contributed by atoms with Crippen molar-refractivity contribution < 1.29 is 14.3 Å². The zero-order valence-corrected chi connectivity index (χ0v) is 15.1. The summed E-state index contributed by atoms with van der Waals surface area (Å²) in [5.41, 5.74) is 2.62. The highest BCUT2D eigenvalue weighted by Crippen LogP contribution is 2.46. The number of carbonyl (C=O) groups is 1. The van der Waals surface area contributed by atoms with Gasteiger partial charge in [0.15, 0.2) is 0 Å². The van der Waals surface area contributed by atoms with Crippen molar-refractivity contribution in [2.45, 2.75) is 58.8 Å². The van der Waals surface area contributed by atoms with E-state index >= 15 is 0 Å². The quantitative estimate of drug-likeness (QED) is 0.639. The number of rotatable bonds is 8. The van der Waals surface area contributed by atoms with Gasteiger partial charge in [0.2, 0.25) is 0 Å². The molecule has 1 fully saturated rings. The van der Waals surface area contributed by atoms with Crippen LogP contribution in [0.5, 0.6) is 5.75 Å². The molecule has 3 nitrogen and oxygen atoms in total. The van der Waals surface area contributed by atoms with E-state index in [1.807, 2.05) is 0 Å². The van der Waals surface area contributed by atoms with Crippen LogP contribution in [0.4, 0.5) is 0 Å². The summed E-state index contributed by atoms with van der Waals surface area (Å²) in [7, 11) is 1.48. The van der Waals surface area contributed by atoms with Gasteiger partial charge in [-0.3, -0.25) is 4.79 Å². The Hall–Kier alpha value is -1.51. The lowest BCUT2D eigenvalue weighted by atomic mass is 9.90. The minimum absolute atomic E-state index is 0.0478. The van der Waals surface area contributed by atoms with Gasteiger partial charge in [-0.1, -0.05) is 39.8 Å². The predicted octanol–water partition coefficient (Wildman–Crippen LogP) is 4.90. The molecule has 1 aromatic rings. The Morgan fingerprint density at radius 3 is 2.65 bits per heavy atom. The van der Waals surface area contributed by atoms with Crippen molar-refractivity contribution in [3.63, 3.8) is 0 Å². The molecule has 3 unspecified atom stereocenters. The molecule has 0 heterocycles. The maximum Gasteiger partial charge on any atom is 0.308 e. The van der Waals surface area contributed by atoms with Gasteiger partial charge in [0.1, 0.15) is 5.75 Å². The van der Waals surface area contributed by atoms with Crippen molar-refractivity contribution in [3.8, 4) is 5.75 Å². The van der Waals surface area contributed by atoms with Gasteiger partial charge in [-0.2, -0.15) is 0 Å². The first-order chi connectivity index (χ1) is 11.0. The van der Waals surface area contributed by atoms with Crippen molar-refractivity contribution in [2.24, 2.45) is 11.8 Å². The van der Waals surface area contributed by atoms with Crippen LogP contribution < -0.4 is 4.74 Å². The van der Waals surface area contributed by atoms with Gasteiger partial charge < -0.3 is 9.47 Å². The molecule has 1 aromatic carbocycles. The average Bonchev–Trinajstić information content (AvgIpc) is 3.30. The van der Waals surface area contributed by atoms with Crippen molar-refractivity contribution in [3.05, 3.63) is 29.3 Å². The highest BCUT2D eigenvalue weighted by molar-refractivity contribution is 5.75. The number of ether oxygens (including phenoxy) is 2. The van der Waals surface area contributed by atoms with Gasteiger partial charge in [-0.25, -0.2) is 0 Å². The third kappa shape index (κ3) is 4.49. The molecular weight excluding hydrogens is 288 g/mol. The summed E-state index contributed by atoms with van der Waals surface area (Å²) in [5.74, 6) is 2.46. The van der Waals surface area contributed by atoms with Crippen LogP contribution in [0.1, 0.15) is 69.9 Å². The van der Waals surface area contributed by atoms with E-state index in [9.17, 15) is 4.79 Å². The minimum atomic E-state index is -0.0478. The Labute approximate surface area is 140 Å². The Morgan fingerprint density at radius 2 is 2.04 bits per heavy atom. The largest absolute Gasteiger partial charge is 0.493 e. The molecule has 23 heavy (non-hydrogen) atoms. The molecule has 128 valence electrons. The fourth-order valence-electron chi connectivity index (χ4n) is 3.21. The van der Waals surface area contributed by atoms with Crippen LogP contribution in [0.25, 0.3) is 0 Å². The first-order valence-corrected chi connectivity index (χ1v) is 8.82. The molecule has 2 rings (SSSR count). The Kier molecular flexibility index (Phi) is 6.09. The fourth-order valence-corrected chi connectivity index (χ4v) is 3.21. The molecule has 1 saturated carbocycles. The predicted molar refractivity (Wildman–Crippen MR) is 93.0 cm³/mol. The van der Waals surface area contributed by atoms with E-state index < -0.39 is 0 Å². The smallest absolute Gasteiger partial charge is 0.308 e. The molecular formula is C20H30O3. The zero-order valence-electron chi connectivity index (χ0n) is 15.1. The second-order valence-corrected chi connectivity index (χ2v) is 7.06. The maximum absolute atomic E-state index is 11.6. The van der Waals surface area contributed by atoms with E-state index in [1.165, 1.54) is 18.2 Å². The van der Waals surface area contributed by atoms with Gasteiger partial charge >= 0.3 is 5.97 Å². The molecule has 0 spiro atoms. The third-order valence-electron chi connectivity index (χ3n) is 4.77. The second-order valence-electron chi connectivity index (χ2n) is 7.06. The number of esters is 1. The lowest BCUT2D eigenvalue weighted by molar-refractivity contribution is -0.142. The number of methoxy groups -OCH3 is 1. The standard InChI is InChI=1S/C20H30O3/c1-6-9-23-19-8-7-15(11-17(19)13(2)3)14(4)10-16-12-18(16)20(21)22-5/h7-8,11,13-14,16,18H,6,9-10,12H2,1-5H3. The summed E-state index contributed by atoms with van der Waals surface area (Å²) in [6.45, 7) is 9.54. The fraction of sp³-hybridized carbons (Fsp3) is 0.650. The Bertz CT molecular complexity index is 536. The first kappa shape index (κ1) is 17.8. The number of hydrogen-bond donors (Lipinski definition) is 0. The zero-order chi connectivity index (χ0) is 17.0. The van der Waals surface area contributed by atoms with E-state index in [0.717, 1.165) is 31.6 Å².